The first-order valence-electron chi connectivity index (χ1n) is 8.26. The third-order valence-corrected chi connectivity index (χ3v) is 5.06. The Morgan fingerprint density at radius 2 is 2.04 bits per heavy atom. The van der Waals surface area contributed by atoms with E-state index >= 15 is 0 Å². The lowest BCUT2D eigenvalue weighted by molar-refractivity contribution is -0.138. The number of benzene rings is 1. The minimum absolute atomic E-state index is 0.0919. The summed E-state index contributed by atoms with van der Waals surface area (Å²) in [5.41, 5.74) is 0.909. The zero-order chi connectivity index (χ0) is 18.1. The van der Waals surface area contributed by atoms with Crippen molar-refractivity contribution < 1.29 is 14.4 Å². The Bertz CT molecular complexity index is 770. The van der Waals surface area contributed by atoms with E-state index in [4.69, 9.17) is 5.26 Å². The van der Waals surface area contributed by atoms with Crippen LogP contribution in [0.5, 0.6) is 0 Å². The van der Waals surface area contributed by atoms with Gasteiger partial charge in [0.25, 0.3) is 5.91 Å². The van der Waals surface area contributed by atoms with Crippen molar-refractivity contribution >= 4 is 17.7 Å². The van der Waals surface area contributed by atoms with E-state index in [0.717, 1.165) is 0 Å². The van der Waals surface area contributed by atoms with Crippen molar-refractivity contribution in [1.82, 2.24) is 15.1 Å². The number of amides is 3. The molecule has 1 N–H and O–H groups in total. The maximum atomic E-state index is 12.7. The maximum Gasteiger partial charge on any atom is 0.253 e. The fourth-order valence-corrected chi connectivity index (χ4v) is 3.96. The number of nitrogens with zero attached hydrogens (tertiary/aromatic N) is 3. The van der Waals surface area contributed by atoms with Crippen molar-refractivity contribution in [3.8, 4) is 6.07 Å². The van der Waals surface area contributed by atoms with Crippen LogP contribution in [0.4, 0.5) is 0 Å². The first kappa shape index (κ1) is 17.0. The van der Waals surface area contributed by atoms with Crippen molar-refractivity contribution in [2.45, 2.75) is 25.4 Å². The van der Waals surface area contributed by atoms with Crippen LogP contribution in [-0.4, -0.2) is 59.7 Å². The number of hydrogen-bond acceptors (Lipinski definition) is 4. The standard InChI is InChI=1S/C18H20N4O3/c1-11(23)22-15(17(24)20-2)7-14-9-21(10-16(14)22)18(25)13-5-3-4-12(6-13)8-19/h3-6,14-16H,7,9-10H2,1-2H3,(H,20,24)/t14-,15-,16+/m0/s1. The van der Waals surface area contributed by atoms with Gasteiger partial charge in [-0.05, 0) is 24.6 Å². The van der Waals surface area contributed by atoms with Gasteiger partial charge in [0.05, 0.1) is 17.7 Å². The number of nitrogens with one attached hydrogen (secondary N) is 1. The van der Waals surface area contributed by atoms with Gasteiger partial charge in [-0.1, -0.05) is 6.07 Å². The molecule has 0 aromatic heterocycles. The Balaban J connectivity index is 1.78. The predicted octanol–water partition coefficient (Wildman–Crippen LogP) is 0.366. The van der Waals surface area contributed by atoms with Gasteiger partial charge in [-0.25, -0.2) is 0 Å². The quantitative estimate of drug-likeness (QED) is 0.841. The third kappa shape index (κ3) is 2.95. The van der Waals surface area contributed by atoms with Gasteiger partial charge >= 0.3 is 0 Å². The van der Waals surface area contributed by atoms with E-state index < -0.39 is 6.04 Å². The van der Waals surface area contributed by atoms with Crippen molar-refractivity contribution in [1.29, 1.82) is 5.26 Å². The first-order chi connectivity index (χ1) is 12.0. The van der Waals surface area contributed by atoms with Crippen LogP contribution in [0.2, 0.25) is 0 Å². The molecule has 25 heavy (non-hydrogen) atoms. The zero-order valence-corrected chi connectivity index (χ0v) is 14.2. The summed E-state index contributed by atoms with van der Waals surface area (Å²) < 4.78 is 0. The highest BCUT2D eigenvalue weighted by Crippen LogP contribution is 2.36. The summed E-state index contributed by atoms with van der Waals surface area (Å²) in [5.74, 6) is -0.369. The van der Waals surface area contributed by atoms with Gasteiger partial charge < -0.3 is 15.1 Å². The SMILES string of the molecule is CNC(=O)[C@@H]1C[C@H]2CN(C(=O)c3cccc(C#N)c3)C[C@H]2N1C(C)=O. The number of nitriles is 1. The summed E-state index contributed by atoms with van der Waals surface area (Å²) >= 11 is 0. The number of likely N-dealkylation sites (tertiary alicyclic amines) is 2. The van der Waals surface area contributed by atoms with Gasteiger partial charge in [-0.15, -0.1) is 0 Å². The predicted molar refractivity (Wildman–Crippen MR) is 89.3 cm³/mol. The molecule has 130 valence electrons. The van der Waals surface area contributed by atoms with Crippen LogP contribution in [0.25, 0.3) is 0 Å². The fraction of sp³-hybridized carbons (Fsp3) is 0.444. The molecule has 0 unspecified atom stereocenters. The molecule has 2 saturated heterocycles. The van der Waals surface area contributed by atoms with E-state index in [0.29, 0.717) is 30.6 Å². The number of fused-ring (bicyclic) bond motifs is 1. The normalized spacial score (nSPS) is 24.6. The average Bonchev–Trinajstić information content (AvgIpc) is 3.17. The summed E-state index contributed by atoms with van der Waals surface area (Å²) in [4.78, 5) is 40.2. The number of carbonyl (C=O) groups excluding carboxylic acids is 3. The summed E-state index contributed by atoms with van der Waals surface area (Å²) in [6.07, 6.45) is 0.561. The zero-order valence-electron chi connectivity index (χ0n) is 14.2. The molecule has 0 radical (unpaired) electrons. The Labute approximate surface area is 146 Å². The minimum Gasteiger partial charge on any atom is -0.357 e. The molecule has 0 spiro atoms. The molecule has 2 aliphatic heterocycles. The monoisotopic (exact) mass is 340 g/mol. The van der Waals surface area contributed by atoms with Crippen LogP contribution in [-0.2, 0) is 9.59 Å². The molecule has 0 aliphatic carbocycles. The highest BCUT2D eigenvalue weighted by Gasteiger charge is 2.50. The first-order valence-corrected chi connectivity index (χ1v) is 8.26. The van der Waals surface area contributed by atoms with Gasteiger partial charge in [0.2, 0.25) is 11.8 Å². The number of carbonyl (C=O) groups is 3. The number of hydrogen-bond donors (Lipinski definition) is 1. The van der Waals surface area contributed by atoms with E-state index in [-0.39, 0.29) is 29.7 Å². The second-order valence-electron chi connectivity index (χ2n) is 6.52. The fourth-order valence-electron chi connectivity index (χ4n) is 3.96. The van der Waals surface area contributed by atoms with Gasteiger partial charge in [0.15, 0.2) is 0 Å². The molecule has 2 heterocycles. The highest BCUT2D eigenvalue weighted by atomic mass is 16.2. The average molecular weight is 340 g/mol. The Morgan fingerprint density at radius 3 is 2.68 bits per heavy atom. The lowest BCUT2D eigenvalue weighted by atomic mass is 10.0. The maximum absolute atomic E-state index is 12.7. The molecule has 0 bridgehead atoms. The van der Waals surface area contributed by atoms with E-state index in [1.54, 1.807) is 41.1 Å². The number of rotatable bonds is 2. The molecule has 2 fully saturated rings. The van der Waals surface area contributed by atoms with Crippen LogP contribution in [0.15, 0.2) is 24.3 Å². The Kier molecular flexibility index (Phi) is 4.45. The molecule has 3 amide bonds. The molecule has 7 nitrogen and oxygen atoms in total. The second kappa shape index (κ2) is 6.55. The van der Waals surface area contributed by atoms with Crippen LogP contribution in [0.3, 0.4) is 0 Å². The number of likely N-dealkylation sites (N-methyl/N-ethyl adjacent to an activating group) is 1. The van der Waals surface area contributed by atoms with Crippen LogP contribution >= 0.6 is 0 Å². The van der Waals surface area contributed by atoms with Gasteiger partial charge in [0, 0.05) is 38.5 Å². The van der Waals surface area contributed by atoms with Crippen LogP contribution in [0.1, 0.15) is 29.3 Å². The largest absolute Gasteiger partial charge is 0.357 e. The molecule has 0 saturated carbocycles. The molecular formula is C18H20N4O3. The van der Waals surface area contributed by atoms with E-state index in [1.807, 2.05) is 6.07 Å². The summed E-state index contributed by atoms with van der Waals surface area (Å²) in [6.45, 7) is 2.38. The lowest BCUT2D eigenvalue weighted by Gasteiger charge is -2.28. The van der Waals surface area contributed by atoms with Crippen LogP contribution in [0, 0.1) is 17.2 Å². The topological polar surface area (TPSA) is 93.5 Å². The van der Waals surface area contributed by atoms with E-state index in [1.165, 1.54) is 6.92 Å². The van der Waals surface area contributed by atoms with Crippen molar-refractivity contribution in [3.05, 3.63) is 35.4 Å². The minimum atomic E-state index is -0.461. The second-order valence-corrected chi connectivity index (χ2v) is 6.52. The van der Waals surface area contributed by atoms with E-state index in [2.05, 4.69) is 5.32 Å². The summed E-state index contributed by atoms with van der Waals surface area (Å²) in [6, 6.07) is 8.04. The summed E-state index contributed by atoms with van der Waals surface area (Å²) in [5, 5.41) is 11.6. The Hall–Kier alpha value is -2.88. The molecule has 7 heteroatoms. The molecule has 2 aliphatic rings. The van der Waals surface area contributed by atoms with Crippen molar-refractivity contribution in [2.24, 2.45) is 5.92 Å². The molecule has 3 atom stereocenters. The smallest absolute Gasteiger partial charge is 0.253 e. The van der Waals surface area contributed by atoms with Crippen molar-refractivity contribution in [2.75, 3.05) is 20.1 Å². The third-order valence-electron chi connectivity index (χ3n) is 5.06. The molecule has 1 aromatic carbocycles. The van der Waals surface area contributed by atoms with Gasteiger partial charge in [-0.2, -0.15) is 5.26 Å². The summed E-state index contributed by atoms with van der Waals surface area (Å²) in [7, 11) is 1.56. The van der Waals surface area contributed by atoms with E-state index in [9.17, 15) is 14.4 Å². The van der Waals surface area contributed by atoms with Crippen molar-refractivity contribution in [3.63, 3.8) is 0 Å². The molecule has 1 aromatic rings. The highest BCUT2D eigenvalue weighted by molar-refractivity contribution is 5.95. The molecule has 3 rings (SSSR count). The van der Waals surface area contributed by atoms with Gasteiger partial charge in [0.1, 0.15) is 6.04 Å². The van der Waals surface area contributed by atoms with Crippen LogP contribution < -0.4 is 5.32 Å². The molecular weight excluding hydrogens is 320 g/mol. The lowest BCUT2D eigenvalue weighted by Crippen LogP contribution is -2.49. The van der Waals surface area contributed by atoms with Gasteiger partial charge in [-0.3, -0.25) is 14.4 Å². The Morgan fingerprint density at radius 1 is 1.28 bits per heavy atom.